The molecule has 3 heteroatoms. The van der Waals surface area contributed by atoms with Crippen molar-refractivity contribution in [1.29, 1.82) is 0 Å². The second-order valence-corrected chi connectivity index (χ2v) is 4.11. The molecule has 1 aliphatic carbocycles. The molecule has 1 saturated carbocycles. The Morgan fingerprint density at radius 1 is 1.53 bits per heavy atom. The van der Waals surface area contributed by atoms with Gasteiger partial charge in [-0.3, -0.25) is 0 Å². The number of halogens is 1. The van der Waals surface area contributed by atoms with E-state index in [2.05, 4.69) is 0 Å². The predicted molar refractivity (Wildman–Crippen MR) is 55.3 cm³/mol. The summed E-state index contributed by atoms with van der Waals surface area (Å²) in [6.07, 6.45) is 1.66. The van der Waals surface area contributed by atoms with Crippen LogP contribution in [-0.4, -0.2) is 11.7 Å². The molecule has 2 rings (SSSR count). The minimum atomic E-state index is -0.775. The maximum Gasteiger partial charge on any atom is 0.132 e. The molecule has 0 saturated heterocycles. The number of aliphatic hydroxyl groups is 1. The van der Waals surface area contributed by atoms with Gasteiger partial charge in [0.05, 0.1) is 12.7 Å². The molecule has 0 radical (unpaired) electrons. The molecule has 0 heterocycles. The topological polar surface area (TPSA) is 29.5 Å². The van der Waals surface area contributed by atoms with Gasteiger partial charge in [-0.25, -0.2) is 4.39 Å². The van der Waals surface area contributed by atoms with Crippen molar-refractivity contribution >= 4 is 0 Å². The van der Waals surface area contributed by atoms with Gasteiger partial charge in [-0.1, -0.05) is 0 Å². The van der Waals surface area contributed by atoms with E-state index in [1.165, 1.54) is 18.9 Å². The normalized spacial score (nSPS) is 17.5. The number of aliphatic hydroxyl groups excluding tert-OH is 1. The van der Waals surface area contributed by atoms with Crippen LogP contribution in [0.5, 0.6) is 5.75 Å². The van der Waals surface area contributed by atoms with Gasteiger partial charge >= 0.3 is 0 Å². The lowest BCUT2D eigenvalue weighted by Gasteiger charge is -2.09. The Labute approximate surface area is 88.7 Å². The number of rotatable bonds is 4. The minimum Gasteiger partial charge on any atom is -0.493 e. The Hall–Kier alpha value is -1.09. The van der Waals surface area contributed by atoms with Gasteiger partial charge in [-0.05, 0) is 37.8 Å². The van der Waals surface area contributed by atoms with Crippen LogP contribution in [0.3, 0.4) is 0 Å². The Bertz CT molecular complexity index is 345. The van der Waals surface area contributed by atoms with Crippen molar-refractivity contribution in [3.8, 4) is 5.75 Å². The lowest BCUT2D eigenvalue weighted by Crippen LogP contribution is -2.01. The molecule has 82 valence electrons. The summed E-state index contributed by atoms with van der Waals surface area (Å²) < 4.78 is 18.8. The van der Waals surface area contributed by atoms with Gasteiger partial charge in [0, 0.05) is 11.6 Å². The minimum absolute atomic E-state index is 0.314. The monoisotopic (exact) mass is 210 g/mol. The van der Waals surface area contributed by atoms with Crippen LogP contribution in [-0.2, 0) is 0 Å². The molecule has 0 aliphatic heterocycles. The zero-order valence-electron chi connectivity index (χ0n) is 8.74. The molecular weight excluding hydrogens is 195 g/mol. The summed E-state index contributed by atoms with van der Waals surface area (Å²) in [4.78, 5) is 0. The summed E-state index contributed by atoms with van der Waals surface area (Å²) in [7, 11) is 0. The van der Waals surface area contributed by atoms with Crippen LogP contribution in [0.1, 0.15) is 31.4 Å². The van der Waals surface area contributed by atoms with Gasteiger partial charge in [-0.15, -0.1) is 0 Å². The van der Waals surface area contributed by atoms with Crippen LogP contribution in [0, 0.1) is 11.7 Å². The molecule has 1 fully saturated rings. The molecule has 1 aliphatic rings. The smallest absolute Gasteiger partial charge is 0.132 e. The van der Waals surface area contributed by atoms with Crippen molar-refractivity contribution in [2.24, 2.45) is 5.92 Å². The summed E-state index contributed by atoms with van der Waals surface area (Å²) >= 11 is 0. The Morgan fingerprint density at radius 3 is 2.80 bits per heavy atom. The largest absolute Gasteiger partial charge is 0.493 e. The highest BCUT2D eigenvalue weighted by molar-refractivity contribution is 5.30. The van der Waals surface area contributed by atoms with Gasteiger partial charge < -0.3 is 9.84 Å². The number of benzene rings is 1. The second-order valence-electron chi connectivity index (χ2n) is 4.11. The quantitative estimate of drug-likeness (QED) is 0.827. The van der Waals surface area contributed by atoms with Crippen LogP contribution in [0.4, 0.5) is 4.39 Å². The van der Waals surface area contributed by atoms with Crippen LogP contribution in [0.15, 0.2) is 18.2 Å². The first-order chi connectivity index (χ1) is 7.16. The van der Waals surface area contributed by atoms with Gasteiger partial charge in [0.2, 0.25) is 0 Å². The second kappa shape index (κ2) is 4.19. The maximum absolute atomic E-state index is 13.4. The summed E-state index contributed by atoms with van der Waals surface area (Å²) in [5.74, 6) is 0.798. The first-order valence-electron chi connectivity index (χ1n) is 5.27. The molecule has 0 bridgehead atoms. The van der Waals surface area contributed by atoms with Crippen LogP contribution < -0.4 is 4.74 Å². The highest BCUT2D eigenvalue weighted by Crippen LogP contribution is 2.30. The standard InChI is InChI=1S/C12H15FO2/c1-8(14)11-5-4-10(6-12(11)13)15-7-9-2-3-9/h4-6,8-9,14H,2-3,7H2,1H3/t8-/m0/s1. The molecule has 0 unspecified atom stereocenters. The fraction of sp³-hybridized carbons (Fsp3) is 0.500. The van der Waals surface area contributed by atoms with Crippen molar-refractivity contribution in [1.82, 2.24) is 0 Å². The third kappa shape index (κ3) is 2.69. The van der Waals surface area contributed by atoms with Crippen LogP contribution >= 0.6 is 0 Å². The number of ether oxygens (including phenoxy) is 1. The molecule has 0 spiro atoms. The van der Waals surface area contributed by atoms with E-state index in [1.54, 1.807) is 19.1 Å². The average molecular weight is 210 g/mol. The highest BCUT2D eigenvalue weighted by Gasteiger charge is 2.22. The molecule has 0 aromatic heterocycles. The molecular formula is C12H15FO2. The SMILES string of the molecule is C[C@H](O)c1ccc(OCC2CC2)cc1F. The lowest BCUT2D eigenvalue weighted by molar-refractivity contribution is 0.194. The van der Waals surface area contributed by atoms with E-state index in [4.69, 9.17) is 4.74 Å². The Kier molecular flexibility index (Phi) is 2.91. The van der Waals surface area contributed by atoms with E-state index in [0.717, 1.165) is 0 Å². The van der Waals surface area contributed by atoms with E-state index in [0.29, 0.717) is 23.8 Å². The van der Waals surface area contributed by atoms with E-state index >= 15 is 0 Å². The van der Waals surface area contributed by atoms with E-state index in [9.17, 15) is 9.50 Å². The summed E-state index contributed by atoms with van der Waals surface area (Å²) in [6, 6.07) is 4.61. The molecule has 0 amide bonds. The van der Waals surface area contributed by atoms with Gasteiger partial charge in [0.25, 0.3) is 0 Å². The zero-order valence-corrected chi connectivity index (χ0v) is 8.74. The molecule has 1 aromatic carbocycles. The first-order valence-corrected chi connectivity index (χ1v) is 5.27. The molecule has 15 heavy (non-hydrogen) atoms. The van der Waals surface area contributed by atoms with Gasteiger partial charge in [-0.2, -0.15) is 0 Å². The first kappa shape index (κ1) is 10.4. The van der Waals surface area contributed by atoms with Crippen molar-refractivity contribution < 1.29 is 14.2 Å². The molecule has 1 aromatic rings. The summed E-state index contributed by atoms with van der Waals surface area (Å²) in [5.41, 5.74) is 0.314. The van der Waals surface area contributed by atoms with Crippen molar-refractivity contribution in [3.63, 3.8) is 0 Å². The van der Waals surface area contributed by atoms with Crippen molar-refractivity contribution in [2.45, 2.75) is 25.9 Å². The fourth-order valence-corrected chi connectivity index (χ4v) is 1.44. The van der Waals surface area contributed by atoms with Gasteiger partial charge in [0.1, 0.15) is 11.6 Å². The van der Waals surface area contributed by atoms with Crippen molar-refractivity contribution in [2.75, 3.05) is 6.61 Å². The number of hydrogen-bond donors (Lipinski definition) is 1. The predicted octanol–water partition coefficient (Wildman–Crippen LogP) is 2.67. The van der Waals surface area contributed by atoms with Crippen LogP contribution in [0.25, 0.3) is 0 Å². The lowest BCUT2D eigenvalue weighted by atomic mass is 10.1. The third-order valence-electron chi connectivity index (χ3n) is 2.60. The molecule has 1 N–H and O–H groups in total. The molecule has 1 atom stereocenters. The zero-order chi connectivity index (χ0) is 10.8. The molecule has 2 nitrogen and oxygen atoms in total. The van der Waals surface area contributed by atoms with E-state index in [1.807, 2.05) is 0 Å². The third-order valence-corrected chi connectivity index (χ3v) is 2.60. The maximum atomic E-state index is 13.4. The Balaban J connectivity index is 2.03. The van der Waals surface area contributed by atoms with Gasteiger partial charge in [0.15, 0.2) is 0 Å². The van der Waals surface area contributed by atoms with E-state index < -0.39 is 11.9 Å². The fourth-order valence-electron chi connectivity index (χ4n) is 1.44. The van der Waals surface area contributed by atoms with Crippen molar-refractivity contribution in [3.05, 3.63) is 29.6 Å². The van der Waals surface area contributed by atoms with E-state index in [-0.39, 0.29) is 0 Å². The average Bonchev–Trinajstić information content (AvgIpc) is 2.97. The highest BCUT2D eigenvalue weighted by atomic mass is 19.1. The van der Waals surface area contributed by atoms with Crippen LogP contribution in [0.2, 0.25) is 0 Å². The summed E-state index contributed by atoms with van der Waals surface area (Å²) in [5, 5.41) is 9.24. The Morgan fingerprint density at radius 2 is 2.27 bits per heavy atom. The number of hydrogen-bond acceptors (Lipinski definition) is 2. The summed E-state index contributed by atoms with van der Waals surface area (Å²) in [6.45, 7) is 2.22.